The second-order valence-corrected chi connectivity index (χ2v) is 5.80. The van der Waals surface area contributed by atoms with Gasteiger partial charge in [-0.2, -0.15) is 0 Å². The van der Waals surface area contributed by atoms with Crippen LogP contribution in [-0.2, 0) is 0 Å². The van der Waals surface area contributed by atoms with Gasteiger partial charge in [-0.05, 0) is 18.4 Å². The van der Waals surface area contributed by atoms with E-state index < -0.39 is 24.3 Å². The van der Waals surface area contributed by atoms with Crippen molar-refractivity contribution in [3.05, 3.63) is 29.8 Å². The number of benzene rings is 1. The van der Waals surface area contributed by atoms with E-state index in [9.17, 15) is 15.0 Å². The maximum atomic E-state index is 12.2. The molecule has 0 radical (unpaired) electrons. The van der Waals surface area contributed by atoms with Gasteiger partial charge in [0.1, 0.15) is 0 Å². The Morgan fingerprint density at radius 3 is 2.57 bits per heavy atom. The highest BCUT2D eigenvalue weighted by molar-refractivity contribution is 7.98. The molecule has 1 fully saturated rings. The minimum atomic E-state index is -1.03. The van der Waals surface area contributed by atoms with Gasteiger partial charge in [0.05, 0.1) is 36.5 Å². The third kappa shape index (κ3) is 3.56. The van der Waals surface area contributed by atoms with Crippen molar-refractivity contribution in [3.63, 3.8) is 0 Å². The molecule has 1 aliphatic heterocycles. The lowest BCUT2D eigenvalue weighted by Gasteiger charge is -2.17. The van der Waals surface area contributed by atoms with E-state index in [0.29, 0.717) is 5.56 Å². The van der Waals surface area contributed by atoms with E-state index in [-0.39, 0.29) is 19.1 Å². The number of aliphatic hydroxyl groups is 3. The summed E-state index contributed by atoms with van der Waals surface area (Å²) in [7, 11) is 0. The summed E-state index contributed by atoms with van der Waals surface area (Å²) in [6, 6.07) is 6.22. The van der Waals surface area contributed by atoms with Crippen LogP contribution in [0.5, 0.6) is 0 Å². The number of rotatable bonds is 5. The minimum absolute atomic E-state index is 0.177. The fraction of sp³-hybridized carbons (Fsp3) is 0.500. The van der Waals surface area contributed by atoms with Crippen molar-refractivity contribution in [2.45, 2.75) is 29.2 Å². The van der Waals surface area contributed by atoms with E-state index in [4.69, 9.17) is 5.11 Å². The van der Waals surface area contributed by atoms with Gasteiger partial charge < -0.3 is 26.0 Å². The SMILES string of the molecule is CSc1ccccc1C(=O)NC[C@H]1N[C@H](CO)[C@@H](O)[C@@H]1O. The first-order chi connectivity index (χ1) is 10.1. The Balaban J connectivity index is 1.96. The van der Waals surface area contributed by atoms with E-state index in [2.05, 4.69) is 10.6 Å². The lowest BCUT2D eigenvalue weighted by atomic mass is 10.1. The second-order valence-electron chi connectivity index (χ2n) is 4.95. The molecule has 2 rings (SSSR count). The molecule has 4 atom stereocenters. The Hall–Kier alpha value is -1.12. The normalized spacial score (nSPS) is 28.6. The summed E-state index contributed by atoms with van der Waals surface area (Å²) in [4.78, 5) is 13.1. The first kappa shape index (κ1) is 16.3. The average Bonchev–Trinajstić information content (AvgIpc) is 2.80. The average molecular weight is 312 g/mol. The molecule has 1 aromatic carbocycles. The zero-order valence-corrected chi connectivity index (χ0v) is 12.5. The number of amides is 1. The fourth-order valence-corrected chi connectivity index (χ4v) is 3.01. The molecule has 7 heteroatoms. The summed E-state index contributed by atoms with van der Waals surface area (Å²) in [5.41, 5.74) is 0.580. The van der Waals surface area contributed by atoms with Crippen LogP contribution in [0.2, 0.25) is 0 Å². The largest absolute Gasteiger partial charge is 0.395 e. The molecule has 1 amide bonds. The van der Waals surface area contributed by atoms with Crippen molar-refractivity contribution in [2.24, 2.45) is 0 Å². The molecule has 1 aromatic rings. The molecular formula is C14H20N2O4S. The molecular weight excluding hydrogens is 292 g/mol. The van der Waals surface area contributed by atoms with Gasteiger partial charge in [0, 0.05) is 11.4 Å². The number of aliphatic hydroxyl groups excluding tert-OH is 3. The monoisotopic (exact) mass is 312 g/mol. The highest BCUT2D eigenvalue weighted by atomic mass is 32.2. The first-order valence-corrected chi connectivity index (χ1v) is 7.95. The zero-order chi connectivity index (χ0) is 15.4. The van der Waals surface area contributed by atoms with E-state index in [1.807, 2.05) is 18.4 Å². The van der Waals surface area contributed by atoms with Crippen LogP contribution in [0.4, 0.5) is 0 Å². The van der Waals surface area contributed by atoms with Crippen LogP contribution in [0.1, 0.15) is 10.4 Å². The Kier molecular flexibility index (Phi) is 5.60. The van der Waals surface area contributed by atoms with Gasteiger partial charge >= 0.3 is 0 Å². The molecule has 0 saturated carbocycles. The molecule has 1 heterocycles. The predicted molar refractivity (Wildman–Crippen MR) is 80.4 cm³/mol. The van der Waals surface area contributed by atoms with Crippen LogP contribution in [0, 0.1) is 0 Å². The van der Waals surface area contributed by atoms with Crippen LogP contribution in [-0.4, -0.2) is 64.9 Å². The van der Waals surface area contributed by atoms with Gasteiger partial charge in [-0.25, -0.2) is 0 Å². The van der Waals surface area contributed by atoms with Crippen molar-refractivity contribution < 1.29 is 20.1 Å². The first-order valence-electron chi connectivity index (χ1n) is 6.72. The van der Waals surface area contributed by atoms with Crippen LogP contribution >= 0.6 is 11.8 Å². The van der Waals surface area contributed by atoms with Crippen LogP contribution < -0.4 is 10.6 Å². The van der Waals surface area contributed by atoms with Gasteiger partial charge in [-0.3, -0.25) is 4.79 Å². The summed E-state index contributed by atoms with van der Waals surface area (Å²) < 4.78 is 0. The van der Waals surface area contributed by atoms with Gasteiger partial charge in [-0.1, -0.05) is 12.1 Å². The Morgan fingerprint density at radius 2 is 1.95 bits per heavy atom. The van der Waals surface area contributed by atoms with Crippen molar-refractivity contribution in [1.29, 1.82) is 0 Å². The molecule has 5 N–H and O–H groups in total. The molecule has 0 spiro atoms. The summed E-state index contributed by atoms with van der Waals surface area (Å²) >= 11 is 1.49. The van der Waals surface area contributed by atoms with E-state index in [1.54, 1.807) is 12.1 Å². The van der Waals surface area contributed by atoms with Gasteiger partial charge in [0.2, 0.25) is 0 Å². The number of hydrogen-bond acceptors (Lipinski definition) is 6. The molecule has 116 valence electrons. The van der Waals surface area contributed by atoms with Crippen molar-refractivity contribution in [3.8, 4) is 0 Å². The van der Waals surface area contributed by atoms with Crippen LogP contribution in [0.3, 0.4) is 0 Å². The standard InChI is InChI=1S/C14H20N2O4S/c1-21-11-5-3-2-4-8(11)14(20)15-6-9-12(18)13(19)10(7-17)16-9/h2-5,9-10,12-13,16-19H,6-7H2,1H3,(H,15,20)/t9-,10-,12-,13-/m1/s1. The second kappa shape index (κ2) is 7.24. The van der Waals surface area contributed by atoms with Crippen molar-refractivity contribution >= 4 is 17.7 Å². The zero-order valence-electron chi connectivity index (χ0n) is 11.7. The lowest BCUT2D eigenvalue weighted by molar-refractivity contribution is 0.0197. The van der Waals surface area contributed by atoms with Crippen LogP contribution in [0.15, 0.2) is 29.2 Å². The molecule has 21 heavy (non-hydrogen) atoms. The van der Waals surface area contributed by atoms with Gasteiger partial charge in [-0.15, -0.1) is 11.8 Å². The van der Waals surface area contributed by atoms with Gasteiger partial charge in [0.25, 0.3) is 5.91 Å². The minimum Gasteiger partial charge on any atom is -0.395 e. The van der Waals surface area contributed by atoms with E-state index >= 15 is 0 Å². The van der Waals surface area contributed by atoms with Crippen molar-refractivity contribution in [1.82, 2.24) is 10.6 Å². The molecule has 1 saturated heterocycles. The van der Waals surface area contributed by atoms with E-state index in [0.717, 1.165) is 4.90 Å². The highest BCUT2D eigenvalue weighted by Gasteiger charge is 2.40. The summed E-state index contributed by atoms with van der Waals surface area (Å²) in [5.74, 6) is -0.226. The Bertz CT molecular complexity index is 500. The van der Waals surface area contributed by atoms with Gasteiger partial charge in [0.15, 0.2) is 0 Å². The number of thioether (sulfide) groups is 1. The molecule has 1 aliphatic rings. The van der Waals surface area contributed by atoms with Crippen LogP contribution in [0.25, 0.3) is 0 Å². The van der Waals surface area contributed by atoms with Crippen molar-refractivity contribution in [2.75, 3.05) is 19.4 Å². The highest BCUT2D eigenvalue weighted by Crippen LogP contribution is 2.20. The quantitative estimate of drug-likeness (QED) is 0.456. The number of carbonyl (C=O) groups is 1. The molecule has 0 aromatic heterocycles. The summed E-state index contributed by atoms with van der Waals surface area (Å²) in [5, 5.41) is 34.3. The predicted octanol–water partition coefficient (Wildman–Crippen LogP) is -0.807. The Labute approximate surface area is 127 Å². The summed E-state index contributed by atoms with van der Waals surface area (Å²) in [6.45, 7) is -0.0890. The molecule has 6 nitrogen and oxygen atoms in total. The third-order valence-corrected chi connectivity index (χ3v) is 4.43. The maximum Gasteiger partial charge on any atom is 0.252 e. The number of nitrogens with one attached hydrogen (secondary N) is 2. The smallest absolute Gasteiger partial charge is 0.252 e. The lowest BCUT2D eigenvalue weighted by Crippen LogP contribution is -2.44. The molecule has 0 unspecified atom stereocenters. The maximum absolute atomic E-state index is 12.2. The fourth-order valence-electron chi connectivity index (χ4n) is 2.42. The number of hydrogen-bond donors (Lipinski definition) is 5. The number of carbonyl (C=O) groups excluding carboxylic acids is 1. The van der Waals surface area contributed by atoms with E-state index in [1.165, 1.54) is 11.8 Å². The third-order valence-electron chi connectivity index (χ3n) is 3.63. The molecule has 0 bridgehead atoms. The molecule has 0 aliphatic carbocycles. The summed E-state index contributed by atoms with van der Waals surface area (Å²) in [6.07, 6.45) is -0.148. The topological polar surface area (TPSA) is 102 Å². The Morgan fingerprint density at radius 1 is 1.29 bits per heavy atom.